The highest BCUT2D eigenvalue weighted by molar-refractivity contribution is 8.13. The van der Waals surface area contributed by atoms with Crippen molar-refractivity contribution >= 4 is 41.1 Å². The lowest BCUT2D eigenvalue weighted by Crippen LogP contribution is -3.00. The summed E-state index contributed by atoms with van der Waals surface area (Å²) in [6.45, 7) is 5.38. The first-order valence-corrected chi connectivity index (χ1v) is 9.62. The fourth-order valence-corrected chi connectivity index (χ4v) is 4.26. The molecule has 0 heterocycles. The first kappa shape index (κ1) is 22.2. The maximum absolute atomic E-state index is 5.59. The number of benzene rings is 1. The third-order valence-electron chi connectivity index (χ3n) is 2.73. The number of hydrogen-bond acceptors (Lipinski definition) is 3. The molecule has 6 heteroatoms. The first-order chi connectivity index (χ1) is 9.85. The molecule has 0 unspecified atom stereocenters. The largest absolute Gasteiger partial charge is 1.00 e. The van der Waals surface area contributed by atoms with Crippen molar-refractivity contribution in [1.82, 2.24) is 3.71 Å². The van der Waals surface area contributed by atoms with Gasteiger partial charge in [0.1, 0.15) is 11.5 Å². The van der Waals surface area contributed by atoms with E-state index in [-0.39, 0.29) is 17.0 Å². The fraction of sp³-hybridized carbons (Fsp3) is 0.562. The van der Waals surface area contributed by atoms with Crippen molar-refractivity contribution in [3.63, 3.8) is 0 Å². The second-order valence-electron chi connectivity index (χ2n) is 5.93. The van der Waals surface area contributed by atoms with Crippen molar-refractivity contribution in [2.75, 3.05) is 32.6 Å². The first-order valence-electron chi connectivity index (χ1n) is 7.32. The van der Waals surface area contributed by atoms with Crippen LogP contribution in [0.5, 0.6) is 0 Å². The smallest absolute Gasteiger partial charge is 0.104 e. The summed E-state index contributed by atoms with van der Waals surface area (Å²) in [5, 5.41) is 0. The van der Waals surface area contributed by atoms with Crippen molar-refractivity contribution < 1.29 is 21.5 Å². The molecule has 1 rings (SSSR count). The molecule has 0 saturated carbocycles. The van der Waals surface area contributed by atoms with E-state index >= 15 is 0 Å². The third kappa shape index (κ3) is 8.77. The number of thiocarbonyl (C=S) groups is 1. The van der Waals surface area contributed by atoms with Gasteiger partial charge in [-0.3, -0.25) is 3.71 Å². The van der Waals surface area contributed by atoms with Gasteiger partial charge in [0, 0.05) is 23.5 Å². The lowest BCUT2D eigenvalue weighted by Gasteiger charge is -2.24. The van der Waals surface area contributed by atoms with Crippen LogP contribution in [0.3, 0.4) is 0 Å². The highest BCUT2D eigenvalue weighted by Crippen LogP contribution is 2.24. The van der Waals surface area contributed by atoms with Gasteiger partial charge in [0.25, 0.3) is 0 Å². The molecule has 0 aromatic heterocycles. The van der Waals surface area contributed by atoms with Crippen molar-refractivity contribution in [2.24, 2.45) is 0 Å². The Morgan fingerprint density at radius 2 is 1.45 bits per heavy atom. The molecular formula is C16H27BrN2S3. The van der Waals surface area contributed by atoms with E-state index in [1.54, 1.807) is 23.9 Å². The molecule has 0 aliphatic carbocycles. The third-order valence-corrected chi connectivity index (χ3v) is 5.35. The topological polar surface area (TPSA) is 3.24 Å². The van der Waals surface area contributed by atoms with Crippen LogP contribution in [0.15, 0.2) is 24.3 Å². The zero-order chi connectivity index (χ0) is 15.9. The van der Waals surface area contributed by atoms with E-state index in [4.69, 9.17) is 12.2 Å². The van der Waals surface area contributed by atoms with Gasteiger partial charge in [-0.15, -0.1) is 0 Å². The summed E-state index contributed by atoms with van der Waals surface area (Å²) in [4.78, 5) is 1.01. The van der Waals surface area contributed by atoms with E-state index in [9.17, 15) is 0 Å². The van der Waals surface area contributed by atoms with Crippen molar-refractivity contribution in [1.29, 1.82) is 0 Å². The van der Waals surface area contributed by atoms with Gasteiger partial charge in [0.05, 0.1) is 21.1 Å². The summed E-state index contributed by atoms with van der Waals surface area (Å²) >= 11 is 9.17. The second-order valence-corrected chi connectivity index (χ2v) is 9.03. The van der Waals surface area contributed by atoms with E-state index in [1.165, 1.54) is 11.1 Å². The molecule has 1 aromatic carbocycles. The van der Waals surface area contributed by atoms with Gasteiger partial charge < -0.3 is 21.5 Å². The van der Waals surface area contributed by atoms with Gasteiger partial charge in [-0.1, -0.05) is 50.3 Å². The van der Waals surface area contributed by atoms with Gasteiger partial charge in [-0.05, 0) is 29.5 Å². The molecule has 2 nitrogen and oxygen atoms in total. The number of rotatable bonds is 8. The molecule has 0 spiro atoms. The van der Waals surface area contributed by atoms with E-state index in [2.05, 4.69) is 63.0 Å². The molecular weight excluding hydrogens is 396 g/mol. The van der Waals surface area contributed by atoms with Crippen LogP contribution in [0.2, 0.25) is 0 Å². The number of quaternary nitrogens is 1. The Kier molecular flexibility index (Phi) is 11.0. The van der Waals surface area contributed by atoms with Crippen LogP contribution in [-0.4, -0.2) is 45.8 Å². The summed E-state index contributed by atoms with van der Waals surface area (Å²) < 4.78 is 3.14. The van der Waals surface area contributed by atoms with Gasteiger partial charge in [0.2, 0.25) is 0 Å². The van der Waals surface area contributed by atoms with Crippen LogP contribution in [0, 0.1) is 0 Å². The van der Waals surface area contributed by atoms with Crippen LogP contribution in [0.25, 0.3) is 0 Å². The highest BCUT2D eigenvalue weighted by Gasteiger charge is 2.12. The van der Waals surface area contributed by atoms with E-state index in [1.807, 2.05) is 0 Å². The summed E-state index contributed by atoms with van der Waals surface area (Å²) in [7, 11) is 6.64. The van der Waals surface area contributed by atoms with E-state index in [0.717, 1.165) is 33.9 Å². The number of hydrogen-bond donors (Lipinski definition) is 0. The molecule has 1 aromatic rings. The number of halogens is 1. The molecule has 0 atom stereocenters. The highest BCUT2D eigenvalue weighted by atomic mass is 79.9. The SMILES string of the molecule is CCSN(SCC)C(=S)Cc1ccc(C[N+](C)(C)C)cc1.[Br-]. The van der Waals surface area contributed by atoms with Crippen molar-refractivity contribution in [3.8, 4) is 0 Å². The van der Waals surface area contributed by atoms with Crippen LogP contribution >= 0.6 is 36.1 Å². The summed E-state index contributed by atoms with van der Waals surface area (Å²) in [6, 6.07) is 8.88. The Morgan fingerprint density at radius 3 is 1.86 bits per heavy atom. The fourth-order valence-electron chi connectivity index (χ4n) is 1.97. The lowest BCUT2D eigenvalue weighted by molar-refractivity contribution is -0.884. The van der Waals surface area contributed by atoms with Crippen LogP contribution in [0.4, 0.5) is 0 Å². The molecule has 22 heavy (non-hydrogen) atoms. The second kappa shape index (κ2) is 10.9. The molecule has 126 valence electrons. The van der Waals surface area contributed by atoms with Gasteiger partial charge >= 0.3 is 0 Å². The van der Waals surface area contributed by atoms with Crippen molar-refractivity contribution in [2.45, 2.75) is 26.8 Å². The van der Waals surface area contributed by atoms with Gasteiger partial charge in [-0.2, -0.15) is 0 Å². The Morgan fingerprint density at radius 1 is 1.00 bits per heavy atom. The Hall–Kier alpha value is 0.250. The van der Waals surface area contributed by atoms with E-state index < -0.39 is 0 Å². The lowest BCUT2D eigenvalue weighted by atomic mass is 10.1. The average Bonchev–Trinajstić information content (AvgIpc) is 2.39. The minimum Gasteiger partial charge on any atom is -1.00 e. The maximum atomic E-state index is 5.59. The molecule has 0 N–H and O–H groups in total. The summed E-state index contributed by atoms with van der Waals surface area (Å²) in [6.07, 6.45) is 0.847. The molecule has 0 bridgehead atoms. The monoisotopic (exact) mass is 422 g/mol. The predicted octanol–water partition coefficient (Wildman–Crippen LogP) is 1.40. The van der Waals surface area contributed by atoms with Gasteiger partial charge in [-0.25, -0.2) is 0 Å². The molecule has 0 fully saturated rings. The molecule has 0 saturated heterocycles. The van der Waals surface area contributed by atoms with Crippen LogP contribution in [-0.2, 0) is 13.0 Å². The molecule has 0 aliphatic heterocycles. The van der Waals surface area contributed by atoms with Crippen molar-refractivity contribution in [3.05, 3.63) is 35.4 Å². The Labute approximate surface area is 160 Å². The quantitative estimate of drug-likeness (QED) is 0.353. The number of nitrogens with zero attached hydrogens (tertiary/aromatic N) is 2. The standard InChI is InChI=1S/C16H27N2S3.BrH/c1-6-20-17(21-7-2)16(19)12-14-8-10-15(11-9-14)13-18(3,4)5;/h8-11H,6-7,12-13H2,1-5H3;1H/q+1;/p-1. The summed E-state index contributed by atoms with van der Waals surface area (Å²) in [5.74, 6) is 2.10. The average molecular weight is 424 g/mol. The van der Waals surface area contributed by atoms with E-state index in [0.29, 0.717) is 0 Å². The minimum absolute atomic E-state index is 0. The molecule has 0 aliphatic rings. The molecule has 0 radical (unpaired) electrons. The van der Waals surface area contributed by atoms with Crippen LogP contribution < -0.4 is 17.0 Å². The summed E-state index contributed by atoms with van der Waals surface area (Å²) in [5.41, 5.74) is 2.67. The zero-order valence-electron chi connectivity index (χ0n) is 14.1. The predicted molar refractivity (Wildman–Crippen MR) is 103 cm³/mol. The zero-order valence-corrected chi connectivity index (χ0v) is 18.2. The Bertz CT molecular complexity index is 438. The van der Waals surface area contributed by atoms with Crippen LogP contribution in [0.1, 0.15) is 25.0 Å². The van der Waals surface area contributed by atoms with Gasteiger partial charge in [0.15, 0.2) is 0 Å². The minimum atomic E-state index is 0. The molecule has 0 amide bonds. The maximum Gasteiger partial charge on any atom is 0.104 e. The Balaban J connectivity index is 0.00000441. The normalized spacial score (nSPS) is 11.0.